The van der Waals surface area contributed by atoms with Crippen LogP contribution in [0.5, 0.6) is 18.0 Å². The lowest BCUT2D eigenvalue weighted by Crippen LogP contribution is -2.43. The first kappa shape index (κ1) is 105. The van der Waals surface area contributed by atoms with Crippen LogP contribution >= 0.6 is 15.9 Å². The van der Waals surface area contributed by atoms with Crippen LogP contribution in [0.1, 0.15) is 54.4 Å². The maximum atomic E-state index is 15.6. The molecule has 137 heavy (non-hydrogen) atoms. The lowest BCUT2D eigenvalue weighted by molar-refractivity contribution is -0.118. The van der Waals surface area contributed by atoms with Crippen LogP contribution in [-0.2, 0) is 75.6 Å². The topological polar surface area (TPSA) is 342 Å². The predicted octanol–water partition coefficient (Wildman–Crippen LogP) is 19.4. The molecule has 0 spiro atoms. The molecule has 0 amide bonds. The number of aliphatic hydroxyl groups is 1. The molecule has 4 saturated heterocycles. The SMILES string of the molecule is CC1(C)OB(c2ccc(-c3ccc(N=S(C)(C)=O)cn3)cc2)OC1(C)C.CC[C@H]1OC[C@@H](Oc2nc3nc(-c4ccc(-c5ccc(N=S(C)(C)=O)cn5)cc4)c(F)cc3n2COCC[Si](C)(C)C)C1(F)F.CC[C@H]1OC[C@@H](Oc2nc3nc(Br)c(F)cc3n2COCC[Si](C)(C)C)C1(F)F.CS(C)(=O)=Nc1ccc(-c2ccc(-c3nc4nc(O[C@@H]5CO[C@H](CO)C5(F)F)[nH]c4cc3F)cc2)nc1. The van der Waals surface area contributed by atoms with Gasteiger partial charge in [-0.2, -0.15) is 54.4 Å². The Morgan fingerprint density at radius 1 is 0.482 bits per heavy atom. The van der Waals surface area contributed by atoms with E-state index in [0.717, 1.165) is 46.0 Å². The Morgan fingerprint density at radius 3 is 1.20 bits per heavy atom. The van der Waals surface area contributed by atoms with Gasteiger partial charge < -0.3 is 57.3 Å². The van der Waals surface area contributed by atoms with Crippen molar-refractivity contribution in [2.45, 2.75) is 185 Å². The fourth-order valence-electron chi connectivity index (χ4n) is 14.4. The number of imidazole rings is 3. The third kappa shape index (κ3) is 26.1. The van der Waals surface area contributed by atoms with Crippen LogP contribution in [0.25, 0.3) is 89.8 Å². The fourth-order valence-corrected chi connectivity index (χ4v) is 18.0. The van der Waals surface area contributed by atoms with E-state index >= 15 is 4.39 Å². The number of hydrogen-bond acceptors (Lipinski definition) is 26. The van der Waals surface area contributed by atoms with Crippen molar-refractivity contribution in [1.29, 1.82) is 0 Å². The standard InChI is InChI=1S/C31H38F3N5O4SSi.C24H22F3N5O4S.C19H25BN2O3S.C18H25BrF3N3O3Si/c1-7-26-31(33,34)27(18-42-26)43-30-37-29-25(39(30)19-41-14-15-45(4,5)6)16-23(32)28(36-29)21-10-8-20(9-11-21)24-13-12-22(17-35-24)38-44(2,3)40;1-37(2,34)32-15-7-8-17(28-10-15)13-3-5-14(6-4-13)21-16(25)9-18-22(30-21)31-23(29-18)36-20-12-35-19(11-33)24(20,26)27;1-18(2)19(3,4)25-20(24-18)15-9-7-14(8-10-15)17-12-11-16(13-21-17)22-26(5,6)23;1-5-13-18(21,22)14(9-27-13)28-17-24-16-12(8-11(20)15(19)23-16)25(17)10-26-6-7-29(2,3)4/h8-13,16-17,26-27H,7,14-15,18-19H2,1-6H3;3-10,19-20,33H,11-12H2,1-2H3,(H,29,30,31);7-13H,1-6H3;8,13-14H,5-7,9-10H2,1-4H3/t26-,27-;19-,20-;;13-,14-/m11.1/s1. The highest BCUT2D eigenvalue weighted by molar-refractivity contribution is 9.10. The summed E-state index contributed by atoms with van der Waals surface area (Å²) in [7, 11) is -9.84. The summed E-state index contributed by atoms with van der Waals surface area (Å²) in [5, 5.41) is 9.05. The van der Waals surface area contributed by atoms with Crippen molar-refractivity contribution in [3.8, 4) is 74.3 Å². The number of fused-ring (bicyclic) bond motifs is 3. The first-order chi connectivity index (χ1) is 64.2. The summed E-state index contributed by atoms with van der Waals surface area (Å²) in [6, 6.07) is 37.5. The van der Waals surface area contributed by atoms with E-state index in [1.807, 2.05) is 64.1 Å². The highest BCUT2D eigenvalue weighted by atomic mass is 79.9. The summed E-state index contributed by atoms with van der Waals surface area (Å²) < 4.78 is 238. The molecule has 12 aromatic rings. The molecule has 9 aromatic heterocycles. The Morgan fingerprint density at radius 2 is 0.839 bits per heavy atom. The number of hydrogen-bond donors (Lipinski definition) is 2. The summed E-state index contributed by atoms with van der Waals surface area (Å²) in [5.74, 6) is -11.6. The van der Waals surface area contributed by atoms with Crippen molar-refractivity contribution in [2.75, 3.05) is 77.2 Å². The minimum Gasteiger partial charge on any atom is -0.452 e. The molecule has 0 aliphatic carbocycles. The molecule has 0 radical (unpaired) electrons. The van der Waals surface area contributed by atoms with Crippen molar-refractivity contribution in [3.05, 3.63) is 168 Å². The fraction of sp³-hybridized carbons (Fsp3) is 0.446. The lowest BCUT2D eigenvalue weighted by Gasteiger charge is -2.32. The van der Waals surface area contributed by atoms with E-state index in [0.29, 0.717) is 58.3 Å². The maximum Gasteiger partial charge on any atom is 0.494 e. The van der Waals surface area contributed by atoms with E-state index in [1.54, 1.807) is 124 Å². The van der Waals surface area contributed by atoms with Gasteiger partial charge in [0.1, 0.15) is 47.8 Å². The number of nitrogens with zero attached hydrogens (tertiary/aromatic N) is 14. The Kier molecular flexibility index (Phi) is 32.0. The second-order valence-corrected chi connectivity index (χ2v) is 57.2. The molecule has 0 unspecified atom stereocenters. The molecule has 2 N–H and O–H groups in total. The normalized spacial score (nSPS) is 19.4. The maximum absolute atomic E-state index is 15.6. The summed E-state index contributed by atoms with van der Waals surface area (Å²) in [6.45, 7) is 23.8. The smallest absolute Gasteiger partial charge is 0.452 e. The summed E-state index contributed by atoms with van der Waals surface area (Å²) in [5.41, 5.74) is 8.79. The van der Waals surface area contributed by atoms with Gasteiger partial charge in [-0.3, -0.25) is 24.1 Å². The number of H-pyrrole nitrogens is 1. The molecular weight excluding hydrogens is 1950 g/mol. The quantitative estimate of drug-likeness (QED) is 0.0199. The van der Waals surface area contributed by atoms with E-state index in [4.69, 9.17) is 52.3 Å². The van der Waals surface area contributed by atoms with E-state index in [9.17, 15) is 47.8 Å². The Labute approximate surface area is 800 Å². The number of aliphatic hydroxyl groups excluding tert-OH is 1. The third-order valence-electron chi connectivity index (χ3n) is 22.6. The molecule has 45 heteroatoms. The number of alkyl halides is 6. The molecule has 16 rings (SSSR count). The van der Waals surface area contributed by atoms with Gasteiger partial charge >= 0.3 is 36.9 Å². The molecule has 4 fully saturated rings. The highest BCUT2D eigenvalue weighted by Gasteiger charge is 2.58. The number of aromatic amines is 1. The van der Waals surface area contributed by atoms with Crippen molar-refractivity contribution < 1.29 is 104 Å². The number of aromatic nitrogens is 12. The summed E-state index contributed by atoms with van der Waals surface area (Å²) >= 11 is 3.02. The highest BCUT2D eigenvalue weighted by Crippen LogP contribution is 2.43. The average Bonchev–Trinajstić information content (AvgIpc) is 1.65. The monoisotopic (exact) mass is 2060 g/mol. The Balaban J connectivity index is 0.000000158. The number of pyridine rings is 6. The van der Waals surface area contributed by atoms with Crippen molar-refractivity contribution in [3.63, 3.8) is 0 Å². The summed E-state index contributed by atoms with van der Waals surface area (Å²) in [6.07, 6.45) is 5.59. The van der Waals surface area contributed by atoms with Gasteiger partial charge in [0, 0.05) is 142 Å². The summed E-state index contributed by atoms with van der Waals surface area (Å²) in [4.78, 5) is 41.2. The van der Waals surface area contributed by atoms with E-state index < -0.39 is 130 Å². The van der Waals surface area contributed by atoms with Gasteiger partial charge in [-0.15, -0.1) is 0 Å². The first-order valence-corrected chi connectivity index (χ1v) is 59.0. The van der Waals surface area contributed by atoms with Crippen LogP contribution in [0, 0.1) is 17.5 Å². The zero-order valence-corrected chi connectivity index (χ0v) is 84.9. The average molecular weight is 2060 g/mol. The largest absolute Gasteiger partial charge is 0.494 e. The molecule has 13 heterocycles. The number of benzene rings is 3. The lowest BCUT2D eigenvalue weighted by atomic mass is 9.79. The minimum atomic E-state index is -3.42. The van der Waals surface area contributed by atoms with Gasteiger partial charge in [-0.1, -0.05) is 126 Å². The number of ether oxygens (including phenoxy) is 8. The Bertz CT molecular complexity index is 6670. The molecule has 0 saturated carbocycles. The number of halogens is 10. The van der Waals surface area contributed by atoms with Gasteiger partial charge in [0.2, 0.25) is 0 Å². The number of rotatable bonds is 28. The number of nitrogens with one attached hydrogen (secondary N) is 1. The Hall–Kier alpha value is -9.75. The zero-order valence-electron chi connectivity index (χ0n) is 78.9. The van der Waals surface area contributed by atoms with Crippen LogP contribution in [0.3, 0.4) is 0 Å². The van der Waals surface area contributed by atoms with Crippen LogP contribution in [0.4, 0.5) is 56.6 Å². The van der Waals surface area contributed by atoms with Crippen LogP contribution in [0.15, 0.2) is 164 Å². The second-order valence-electron chi connectivity index (χ2n) is 37.5. The molecule has 736 valence electrons. The van der Waals surface area contributed by atoms with Gasteiger partial charge in [0.05, 0.1) is 107 Å². The molecule has 4 aliphatic heterocycles. The molecule has 3 aromatic carbocycles. The van der Waals surface area contributed by atoms with Crippen LogP contribution < -0.4 is 19.7 Å². The van der Waals surface area contributed by atoms with Crippen LogP contribution in [0.2, 0.25) is 51.4 Å². The van der Waals surface area contributed by atoms with Crippen LogP contribution in [-0.4, -0.2) is 243 Å². The zero-order chi connectivity index (χ0) is 99.5. The van der Waals surface area contributed by atoms with Gasteiger partial charge in [0.25, 0.3) is 6.01 Å². The predicted molar refractivity (Wildman–Crippen MR) is 519 cm³/mol. The van der Waals surface area contributed by atoms with Gasteiger partial charge in [-0.25, -0.2) is 40.7 Å². The first-order valence-electron chi connectivity index (χ1n) is 43.8. The van der Waals surface area contributed by atoms with Crippen molar-refractivity contribution >= 4 is 124 Å². The molecule has 29 nitrogen and oxygen atoms in total. The molecule has 4 aliphatic rings. The molecule has 6 atom stereocenters. The van der Waals surface area contributed by atoms with E-state index in [1.165, 1.54) is 40.0 Å². The van der Waals surface area contributed by atoms with Crippen molar-refractivity contribution in [2.24, 2.45) is 13.1 Å². The van der Waals surface area contributed by atoms with Gasteiger partial charge in [-0.05, 0) is 110 Å². The van der Waals surface area contributed by atoms with Crippen molar-refractivity contribution in [1.82, 2.24) is 59.0 Å². The third-order valence-corrected chi connectivity index (χ3v) is 28.5. The minimum absolute atomic E-state index is 0.00454. The van der Waals surface area contributed by atoms with E-state index in [2.05, 4.69) is 118 Å². The second kappa shape index (κ2) is 42.0. The van der Waals surface area contributed by atoms with E-state index in [-0.39, 0.29) is 120 Å². The molecule has 0 bridgehead atoms. The molecular formula is C92H110BBrF9N15O14S3Si2. The van der Waals surface area contributed by atoms with Gasteiger partial charge in [0.15, 0.2) is 52.7 Å².